The number of halogens is 1. The molecule has 1 aliphatic carbocycles. The first-order valence-corrected chi connectivity index (χ1v) is 8.07. The highest BCUT2D eigenvalue weighted by atomic mass is 79.9. The first-order valence-electron chi connectivity index (χ1n) is 7.28. The van der Waals surface area contributed by atoms with E-state index in [0.717, 1.165) is 22.2 Å². The number of benzene rings is 1. The standard InChI is InChI=1S/C16H20BrN3/c17-15-8-4-3-7-14(15)16(18)11-12-9-10-20(19-12)13-5-1-2-6-13/h3-4,7-10,13,16H,1-2,5-6,11,18H2. The lowest BCUT2D eigenvalue weighted by Crippen LogP contribution is -2.15. The lowest BCUT2D eigenvalue weighted by Gasteiger charge is -2.13. The van der Waals surface area contributed by atoms with Crippen LogP contribution in [0.4, 0.5) is 0 Å². The zero-order valence-corrected chi connectivity index (χ0v) is 13.1. The summed E-state index contributed by atoms with van der Waals surface area (Å²) in [7, 11) is 0. The molecule has 3 rings (SSSR count). The summed E-state index contributed by atoms with van der Waals surface area (Å²) in [6.45, 7) is 0. The molecule has 0 bridgehead atoms. The van der Waals surface area contributed by atoms with Crippen LogP contribution < -0.4 is 5.73 Å². The van der Waals surface area contributed by atoms with Gasteiger partial charge in [-0.05, 0) is 30.5 Å². The van der Waals surface area contributed by atoms with Crippen LogP contribution in [0.2, 0.25) is 0 Å². The summed E-state index contributed by atoms with van der Waals surface area (Å²) in [5, 5.41) is 4.71. The third-order valence-corrected chi connectivity index (χ3v) is 4.82. The predicted octanol–water partition coefficient (Wildman–Crippen LogP) is 4.00. The fourth-order valence-corrected chi connectivity index (χ4v) is 3.55. The van der Waals surface area contributed by atoms with Crippen LogP contribution in [0.1, 0.15) is 49.0 Å². The normalized spacial score (nSPS) is 17.5. The quantitative estimate of drug-likeness (QED) is 0.918. The van der Waals surface area contributed by atoms with E-state index in [-0.39, 0.29) is 6.04 Å². The summed E-state index contributed by atoms with van der Waals surface area (Å²) < 4.78 is 3.21. The van der Waals surface area contributed by atoms with Gasteiger partial charge in [0.25, 0.3) is 0 Å². The average Bonchev–Trinajstić information content (AvgIpc) is 3.09. The minimum atomic E-state index is -0.0162. The van der Waals surface area contributed by atoms with Crippen LogP contribution in [-0.4, -0.2) is 9.78 Å². The van der Waals surface area contributed by atoms with Crippen LogP contribution in [0.25, 0.3) is 0 Å². The molecule has 1 aromatic carbocycles. The molecule has 1 atom stereocenters. The van der Waals surface area contributed by atoms with E-state index in [0.29, 0.717) is 6.04 Å². The molecule has 20 heavy (non-hydrogen) atoms. The Bertz CT molecular complexity index is 573. The molecule has 1 aromatic heterocycles. The van der Waals surface area contributed by atoms with E-state index in [2.05, 4.69) is 38.9 Å². The van der Waals surface area contributed by atoms with Gasteiger partial charge in [-0.2, -0.15) is 5.10 Å². The second-order valence-electron chi connectivity index (χ2n) is 5.56. The molecular formula is C16H20BrN3. The van der Waals surface area contributed by atoms with Crippen molar-refractivity contribution in [3.8, 4) is 0 Å². The van der Waals surface area contributed by atoms with Crippen molar-refractivity contribution < 1.29 is 0 Å². The first kappa shape index (κ1) is 13.8. The Hall–Kier alpha value is -1.13. The van der Waals surface area contributed by atoms with Gasteiger partial charge < -0.3 is 5.73 Å². The molecule has 2 aromatic rings. The van der Waals surface area contributed by atoms with Crippen molar-refractivity contribution in [2.24, 2.45) is 5.73 Å². The summed E-state index contributed by atoms with van der Waals surface area (Å²) >= 11 is 3.56. The van der Waals surface area contributed by atoms with Gasteiger partial charge in [0, 0.05) is 23.1 Å². The number of rotatable bonds is 4. The molecule has 0 saturated heterocycles. The Morgan fingerprint density at radius 2 is 2.00 bits per heavy atom. The highest BCUT2D eigenvalue weighted by Gasteiger charge is 2.18. The third-order valence-electron chi connectivity index (χ3n) is 4.10. The van der Waals surface area contributed by atoms with E-state index in [1.165, 1.54) is 25.7 Å². The number of hydrogen-bond donors (Lipinski definition) is 1. The maximum atomic E-state index is 6.31. The highest BCUT2D eigenvalue weighted by Crippen LogP contribution is 2.29. The molecule has 1 aliphatic rings. The Balaban J connectivity index is 1.70. The highest BCUT2D eigenvalue weighted by molar-refractivity contribution is 9.10. The van der Waals surface area contributed by atoms with E-state index >= 15 is 0 Å². The maximum Gasteiger partial charge on any atom is 0.0643 e. The van der Waals surface area contributed by atoms with Gasteiger partial charge in [-0.1, -0.05) is 47.0 Å². The molecule has 0 radical (unpaired) electrons. The van der Waals surface area contributed by atoms with Crippen LogP contribution in [0.15, 0.2) is 41.0 Å². The van der Waals surface area contributed by atoms with Gasteiger partial charge in [0.1, 0.15) is 0 Å². The van der Waals surface area contributed by atoms with Crippen molar-refractivity contribution in [1.29, 1.82) is 0 Å². The molecule has 4 heteroatoms. The van der Waals surface area contributed by atoms with Gasteiger partial charge in [-0.25, -0.2) is 0 Å². The van der Waals surface area contributed by atoms with E-state index < -0.39 is 0 Å². The number of hydrogen-bond acceptors (Lipinski definition) is 2. The van der Waals surface area contributed by atoms with E-state index in [4.69, 9.17) is 10.8 Å². The van der Waals surface area contributed by atoms with Gasteiger partial charge in [0.15, 0.2) is 0 Å². The van der Waals surface area contributed by atoms with Crippen LogP contribution in [0.3, 0.4) is 0 Å². The van der Waals surface area contributed by atoms with Crippen molar-refractivity contribution in [1.82, 2.24) is 9.78 Å². The van der Waals surface area contributed by atoms with Crippen LogP contribution in [0, 0.1) is 0 Å². The number of nitrogens with zero attached hydrogens (tertiary/aromatic N) is 2. The van der Waals surface area contributed by atoms with E-state index in [1.54, 1.807) is 0 Å². The SMILES string of the molecule is NC(Cc1ccn(C2CCCC2)n1)c1ccccc1Br. The molecule has 106 valence electrons. The molecule has 1 unspecified atom stereocenters. The van der Waals surface area contributed by atoms with Gasteiger partial charge in [0.05, 0.1) is 11.7 Å². The zero-order valence-electron chi connectivity index (χ0n) is 11.5. The lowest BCUT2D eigenvalue weighted by molar-refractivity contribution is 0.461. The fourth-order valence-electron chi connectivity index (χ4n) is 2.97. The van der Waals surface area contributed by atoms with Gasteiger partial charge in [0.2, 0.25) is 0 Å². The largest absolute Gasteiger partial charge is 0.324 e. The fraction of sp³-hybridized carbons (Fsp3) is 0.438. The average molecular weight is 334 g/mol. The minimum Gasteiger partial charge on any atom is -0.324 e. The molecule has 0 amide bonds. The van der Waals surface area contributed by atoms with Crippen molar-refractivity contribution >= 4 is 15.9 Å². The van der Waals surface area contributed by atoms with Gasteiger partial charge in [-0.3, -0.25) is 4.68 Å². The predicted molar refractivity (Wildman–Crippen MR) is 84.5 cm³/mol. The lowest BCUT2D eigenvalue weighted by atomic mass is 10.0. The van der Waals surface area contributed by atoms with Crippen molar-refractivity contribution in [2.75, 3.05) is 0 Å². The Morgan fingerprint density at radius 1 is 1.25 bits per heavy atom. The smallest absolute Gasteiger partial charge is 0.0643 e. The summed E-state index contributed by atoms with van der Waals surface area (Å²) in [5.74, 6) is 0. The minimum absolute atomic E-state index is 0.0162. The molecule has 1 fully saturated rings. The number of aromatic nitrogens is 2. The van der Waals surface area contributed by atoms with Crippen LogP contribution >= 0.6 is 15.9 Å². The molecule has 3 nitrogen and oxygen atoms in total. The first-order chi connectivity index (χ1) is 9.74. The zero-order chi connectivity index (χ0) is 13.9. The molecule has 1 heterocycles. The molecule has 0 spiro atoms. The van der Waals surface area contributed by atoms with Crippen molar-refractivity contribution in [3.63, 3.8) is 0 Å². The second kappa shape index (κ2) is 6.10. The third kappa shape index (κ3) is 2.96. The monoisotopic (exact) mass is 333 g/mol. The second-order valence-corrected chi connectivity index (χ2v) is 6.41. The van der Waals surface area contributed by atoms with Crippen LogP contribution in [0.5, 0.6) is 0 Å². The van der Waals surface area contributed by atoms with E-state index in [9.17, 15) is 0 Å². The summed E-state index contributed by atoms with van der Waals surface area (Å²) in [4.78, 5) is 0. The van der Waals surface area contributed by atoms with Gasteiger partial charge >= 0.3 is 0 Å². The number of nitrogens with two attached hydrogens (primary N) is 1. The summed E-state index contributed by atoms with van der Waals surface area (Å²) in [6.07, 6.45) is 8.07. The Kier molecular flexibility index (Phi) is 4.22. The van der Waals surface area contributed by atoms with E-state index in [1.807, 2.05) is 18.2 Å². The van der Waals surface area contributed by atoms with Crippen molar-refractivity contribution in [2.45, 2.75) is 44.2 Å². The van der Waals surface area contributed by atoms with Crippen molar-refractivity contribution in [3.05, 3.63) is 52.3 Å². The molecule has 2 N–H and O–H groups in total. The maximum absolute atomic E-state index is 6.31. The molecule has 0 aliphatic heterocycles. The summed E-state index contributed by atoms with van der Waals surface area (Å²) in [6, 6.07) is 10.8. The Labute approximate surface area is 128 Å². The molecule has 1 saturated carbocycles. The molecular weight excluding hydrogens is 314 g/mol. The van der Waals surface area contributed by atoms with Gasteiger partial charge in [-0.15, -0.1) is 0 Å². The van der Waals surface area contributed by atoms with Crippen LogP contribution in [-0.2, 0) is 6.42 Å². The topological polar surface area (TPSA) is 43.8 Å². The summed E-state index contributed by atoms with van der Waals surface area (Å²) in [5.41, 5.74) is 8.54. The Morgan fingerprint density at radius 3 is 2.75 bits per heavy atom.